The largest absolute Gasteiger partial charge is 0.497 e. The Kier molecular flexibility index (Phi) is 5.53. The predicted molar refractivity (Wildman–Crippen MR) is 112 cm³/mol. The highest BCUT2D eigenvalue weighted by Gasteiger charge is 2.28. The minimum atomic E-state index is 0.223. The van der Waals surface area contributed by atoms with Crippen LogP contribution in [0.2, 0.25) is 0 Å². The number of nitrogens with zero attached hydrogens (tertiary/aromatic N) is 3. The molecule has 0 bridgehead atoms. The summed E-state index contributed by atoms with van der Waals surface area (Å²) in [6.07, 6.45) is 5.32. The molecule has 144 valence electrons. The standard InChI is InChI=1S/C23H26N4O/c1-28-19-11-7-10-18(14-19)20-15-25-23(24)26-22(20)21-12-5-6-13-27(21)16-17-8-3-2-4-9-17/h2-4,7-11,14-15,21H,5-6,12-13,16H2,1H3,(H2,24,25,26). The van der Waals surface area contributed by atoms with Crippen molar-refractivity contribution in [3.63, 3.8) is 0 Å². The third-order valence-corrected chi connectivity index (χ3v) is 5.38. The quantitative estimate of drug-likeness (QED) is 0.714. The smallest absolute Gasteiger partial charge is 0.220 e. The Morgan fingerprint density at radius 2 is 1.96 bits per heavy atom. The van der Waals surface area contributed by atoms with E-state index in [1.807, 2.05) is 24.4 Å². The molecular formula is C23H26N4O. The number of piperidine rings is 1. The van der Waals surface area contributed by atoms with Gasteiger partial charge in [0.05, 0.1) is 18.8 Å². The summed E-state index contributed by atoms with van der Waals surface area (Å²) < 4.78 is 5.41. The molecule has 0 spiro atoms. The molecule has 1 saturated heterocycles. The number of methoxy groups -OCH3 is 1. The van der Waals surface area contributed by atoms with Crippen molar-refractivity contribution in [2.75, 3.05) is 19.4 Å². The van der Waals surface area contributed by atoms with E-state index in [4.69, 9.17) is 15.5 Å². The number of ether oxygens (including phenoxy) is 1. The van der Waals surface area contributed by atoms with Crippen LogP contribution in [0.1, 0.15) is 36.6 Å². The van der Waals surface area contributed by atoms with E-state index in [9.17, 15) is 0 Å². The van der Waals surface area contributed by atoms with Crippen LogP contribution in [0.4, 0.5) is 5.95 Å². The summed E-state index contributed by atoms with van der Waals surface area (Å²) in [6.45, 7) is 1.97. The van der Waals surface area contributed by atoms with E-state index in [1.165, 1.54) is 18.4 Å². The predicted octanol–water partition coefficient (Wildman–Crippen LogP) is 4.46. The van der Waals surface area contributed by atoms with Gasteiger partial charge in [-0.3, -0.25) is 4.90 Å². The first-order valence-corrected chi connectivity index (χ1v) is 9.79. The van der Waals surface area contributed by atoms with Crippen LogP contribution in [0, 0.1) is 0 Å². The monoisotopic (exact) mass is 374 g/mol. The molecule has 1 unspecified atom stereocenters. The van der Waals surface area contributed by atoms with Crippen LogP contribution in [-0.4, -0.2) is 28.5 Å². The summed E-state index contributed by atoms with van der Waals surface area (Å²) >= 11 is 0. The van der Waals surface area contributed by atoms with Gasteiger partial charge in [-0.1, -0.05) is 48.9 Å². The summed E-state index contributed by atoms with van der Waals surface area (Å²) in [4.78, 5) is 11.5. The lowest BCUT2D eigenvalue weighted by Crippen LogP contribution is -2.34. The van der Waals surface area contributed by atoms with Crippen molar-refractivity contribution in [1.82, 2.24) is 14.9 Å². The first-order valence-electron chi connectivity index (χ1n) is 9.79. The van der Waals surface area contributed by atoms with Gasteiger partial charge in [0.1, 0.15) is 5.75 Å². The molecule has 1 aromatic heterocycles. The zero-order valence-corrected chi connectivity index (χ0v) is 16.2. The molecule has 5 heteroatoms. The zero-order valence-electron chi connectivity index (χ0n) is 16.2. The molecule has 3 aromatic rings. The number of nitrogen functional groups attached to an aromatic ring is 1. The SMILES string of the molecule is COc1cccc(-c2cnc(N)nc2C2CCCCN2Cc2ccccc2)c1. The average Bonchev–Trinajstić information content (AvgIpc) is 2.75. The van der Waals surface area contributed by atoms with Gasteiger partial charge >= 0.3 is 0 Å². The summed E-state index contributed by atoms with van der Waals surface area (Å²) in [6, 6.07) is 18.9. The van der Waals surface area contributed by atoms with Crippen molar-refractivity contribution in [1.29, 1.82) is 0 Å². The molecule has 2 heterocycles. The van der Waals surface area contributed by atoms with Crippen LogP contribution in [0.3, 0.4) is 0 Å². The van der Waals surface area contributed by atoms with Crippen LogP contribution < -0.4 is 10.5 Å². The molecule has 4 rings (SSSR count). The zero-order chi connectivity index (χ0) is 19.3. The average molecular weight is 374 g/mol. The molecule has 1 aliphatic rings. The summed E-state index contributed by atoms with van der Waals surface area (Å²) in [5.74, 6) is 1.15. The topological polar surface area (TPSA) is 64.3 Å². The Morgan fingerprint density at radius 1 is 1.11 bits per heavy atom. The maximum atomic E-state index is 6.00. The Morgan fingerprint density at radius 3 is 2.79 bits per heavy atom. The van der Waals surface area contributed by atoms with Crippen LogP contribution >= 0.6 is 0 Å². The molecule has 28 heavy (non-hydrogen) atoms. The van der Waals surface area contributed by atoms with Gasteiger partial charge in [-0.2, -0.15) is 0 Å². The molecule has 1 fully saturated rings. The van der Waals surface area contributed by atoms with Gasteiger partial charge in [0.2, 0.25) is 5.95 Å². The normalized spacial score (nSPS) is 17.4. The fraction of sp³-hybridized carbons (Fsp3) is 0.304. The van der Waals surface area contributed by atoms with Gasteiger partial charge in [0.25, 0.3) is 0 Å². The van der Waals surface area contributed by atoms with Crippen LogP contribution in [0.15, 0.2) is 60.8 Å². The first kappa shape index (κ1) is 18.4. The van der Waals surface area contributed by atoms with Gasteiger partial charge in [-0.25, -0.2) is 9.97 Å². The van der Waals surface area contributed by atoms with Crippen LogP contribution in [0.25, 0.3) is 11.1 Å². The Hall–Kier alpha value is -2.92. The lowest BCUT2D eigenvalue weighted by molar-refractivity contribution is 0.137. The molecule has 0 aliphatic carbocycles. The Balaban J connectivity index is 1.72. The van der Waals surface area contributed by atoms with E-state index in [2.05, 4.69) is 46.3 Å². The highest BCUT2D eigenvalue weighted by atomic mass is 16.5. The van der Waals surface area contributed by atoms with E-state index in [1.54, 1.807) is 7.11 Å². The summed E-state index contributed by atoms with van der Waals surface area (Å²) in [5, 5.41) is 0. The Labute approximate surface area is 166 Å². The third-order valence-electron chi connectivity index (χ3n) is 5.38. The van der Waals surface area contributed by atoms with E-state index < -0.39 is 0 Å². The summed E-state index contributed by atoms with van der Waals surface area (Å²) in [7, 11) is 1.68. The van der Waals surface area contributed by atoms with E-state index >= 15 is 0 Å². The van der Waals surface area contributed by atoms with Crippen LogP contribution in [0.5, 0.6) is 5.75 Å². The van der Waals surface area contributed by atoms with Gasteiger partial charge in [-0.15, -0.1) is 0 Å². The number of hydrogen-bond donors (Lipinski definition) is 1. The van der Waals surface area contributed by atoms with E-state index in [0.29, 0.717) is 5.95 Å². The van der Waals surface area contributed by atoms with Crippen molar-refractivity contribution in [2.24, 2.45) is 0 Å². The summed E-state index contributed by atoms with van der Waals surface area (Å²) in [5.41, 5.74) is 10.4. The van der Waals surface area contributed by atoms with Gasteiger partial charge in [-0.05, 0) is 42.6 Å². The van der Waals surface area contributed by atoms with Crippen molar-refractivity contribution in [2.45, 2.75) is 31.8 Å². The van der Waals surface area contributed by atoms with Crippen LogP contribution in [-0.2, 0) is 6.54 Å². The number of rotatable bonds is 5. The minimum Gasteiger partial charge on any atom is -0.497 e. The fourth-order valence-electron chi connectivity index (χ4n) is 3.98. The fourth-order valence-corrected chi connectivity index (χ4v) is 3.98. The second-order valence-corrected chi connectivity index (χ2v) is 7.23. The Bertz CT molecular complexity index is 929. The number of likely N-dealkylation sites (tertiary alicyclic amines) is 1. The molecule has 0 saturated carbocycles. The van der Waals surface area contributed by atoms with Crippen molar-refractivity contribution in [3.05, 3.63) is 72.1 Å². The first-order chi connectivity index (χ1) is 13.7. The van der Waals surface area contributed by atoms with Gasteiger partial charge < -0.3 is 10.5 Å². The lowest BCUT2D eigenvalue weighted by atomic mass is 9.93. The highest BCUT2D eigenvalue weighted by molar-refractivity contribution is 5.67. The lowest BCUT2D eigenvalue weighted by Gasteiger charge is -2.36. The number of nitrogens with two attached hydrogens (primary N) is 1. The third kappa shape index (κ3) is 3.99. The van der Waals surface area contributed by atoms with Crippen molar-refractivity contribution in [3.8, 4) is 16.9 Å². The maximum Gasteiger partial charge on any atom is 0.220 e. The van der Waals surface area contributed by atoms with Crippen molar-refractivity contribution >= 4 is 5.95 Å². The molecule has 2 aromatic carbocycles. The molecule has 1 aliphatic heterocycles. The van der Waals surface area contributed by atoms with Gasteiger partial charge in [0.15, 0.2) is 0 Å². The van der Waals surface area contributed by atoms with E-state index in [-0.39, 0.29) is 6.04 Å². The van der Waals surface area contributed by atoms with Gasteiger partial charge in [0, 0.05) is 18.3 Å². The molecule has 0 amide bonds. The second-order valence-electron chi connectivity index (χ2n) is 7.23. The number of anilines is 1. The number of hydrogen-bond acceptors (Lipinski definition) is 5. The second kappa shape index (κ2) is 8.40. The molecule has 5 nitrogen and oxygen atoms in total. The molecule has 0 radical (unpaired) electrons. The molecule has 2 N–H and O–H groups in total. The molecular weight excluding hydrogens is 348 g/mol. The highest BCUT2D eigenvalue weighted by Crippen LogP contribution is 2.37. The molecule has 1 atom stereocenters. The maximum absolute atomic E-state index is 6.00. The van der Waals surface area contributed by atoms with E-state index in [0.717, 1.165) is 42.1 Å². The van der Waals surface area contributed by atoms with Crippen molar-refractivity contribution < 1.29 is 4.74 Å². The number of benzene rings is 2. The number of aromatic nitrogens is 2. The minimum absolute atomic E-state index is 0.223.